The Morgan fingerprint density at radius 2 is 2.18 bits per heavy atom. The van der Waals surface area contributed by atoms with Crippen LogP contribution in [0.2, 0.25) is 5.02 Å². The highest BCUT2D eigenvalue weighted by molar-refractivity contribution is 6.35. The number of fused-ring (bicyclic) bond motifs is 1. The normalized spacial score (nSPS) is 10.5. The molecule has 1 aromatic carbocycles. The van der Waals surface area contributed by atoms with Gasteiger partial charge in [-0.15, -0.1) is 0 Å². The minimum absolute atomic E-state index is 0.247. The summed E-state index contributed by atoms with van der Waals surface area (Å²) in [5, 5.41) is 1.51. The molecule has 1 heterocycles. The predicted octanol–water partition coefficient (Wildman–Crippen LogP) is 2.91. The van der Waals surface area contributed by atoms with Gasteiger partial charge in [-0.3, -0.25) is 9.78 Å². The first-order valence-electron chi connectivity index (χ1n) is 5.23. The predicted molar refractivity (Wildman–Crippen MR) is 67.2 cm³/mol. The maximum absolute atomic E-state index is 11.2. The molecule has 0 unspecified atom stereocenters. The molecule has 0 bridgehead atoms. The zero-order valence-corrected chi connectivity index (χ0v) is 10.4. The zero-order chi connectivity index (χ0) is 12.4. The van der Waals surface area contributed by atoms with Crippen molar-refractivity contribution in [3.63, 3.8) is 0 Å². The van der Waals surface area contributed by atoms with Crippen LogP contribution in [0.25, 0.3) is 10.9 Å². The Morgan fingerprint density at radius 1 is 1.41 bits per heavy atom. The lowest BCUT2D eigenvalue weighted by Gasteiger charge is -2.05. The van der Waals surface area contributed by atoms with E-state index < -0.39 is 0 Å². The molecular formula is C13H12ClNO2. The van der Waals surface area contributed by atoms with Crippen molar-refractivity contribution in [2.45, 2.75) is 13.3 Å². The summed E-state index contributed by atoms with van der Waals surface area (Å²) < 4.78 is 4.63. The molecule has 0 atom stereocenters. The highest BCUT2D eigenvalue weighted by atomic mass is 35.5. The van der Waals surface area contributed by atoms with Gasteiger partial charge in [0.2, 0.25) is 0 Å². The number of hydrogen-bond donors (Lipinski definition) is 0. The Hall–Kier alpha value is -1.61. The molecule has 0 N–H and O–H groups in total. The summed E-state index contributed by atoms with van der Waals surface area (Å²) in [4.78, 5) is 15.6. The van der Waals surface area contributed by atoms with E-state index in [1.165, 1.54) is 7.11 Å². The molecule has 0 aliphatic carbocycles. The van der Waals surface area contributed by atoms with Crippen LogP contribution in [0.15, 0.2) is 24.3 Å². The highest BCUT2D eigenvalue weighted by Gasteiger charge is 2.06. The largest absolute Gasteiger partial charge is 0.469 e. The van der Waals surface area contributed by atoms with E-state index in [0.717, 1.165) is 22.2 Å². The summed E-state index contributed by atoms with van der Waals surface area (Å²) in [6.07, 6.45) is 0.247. The first-order valence-corrected chi connectivity index (χ1v) is 5.60. The lowest BCUT2D eigenvalue weighted by Crippen LogP contribution is -2.04. The second-order valence-corrected chi connectivity index (χ2v) is 4.26. The second-order valence-electron chi connectivity index (χ2n) is 3.85. The number of rotatable bonds is 2. The number of esters is 1. The van der Waals surface area contributed by atoms with E-state index in [-0.39, 0.29) is 12.4 Å². The summed E-state index contributed by atoms with van der Waals surface area (Å²) >= 11 is 6.15. The summed E-state index contributed by atoms with van der Waals surface area (Å²) in [5.41, 5.74) is 2.59. The van der Waals surface area contributed by atoms with Gasteiger partial charge in [0.05, 0.1) is 24.1 Å². The van der Waals surface area contributed by atoms with Crippen molar-refractivity contribution < 1.29 is 9.53 Å². The molecule has 2 aromatic rings. The Bertz CT molecular complexity index is 581. The number of halogens is 1. The molecular weight excluding hydrogens is 238 g/mol. The number of benzene rings is 1. The molecule has 2 rings (SSSR count). The van der Waals surface area contributed by atoms with Gasteiger partial charge in [0, 0.05) is 11.1 Å². The van der Waals surface area contributed by atoms with Crippen LogP contribution < -0.4 is 0 Å². The third-order valence-electron chi connectivity index (χ3n) is 2.53. The monoisotopic (exact) mass is 249 g/mol. The quantitative estimate of drug-likeness (QED) is 0.769. The van der Waals surface area contributed by atoms with Gasteiger partial charge in [0.25, 0.3) is 0 Å². The van der Waals surface area contributed by atoms with Gasteiger partial charge in [-0.2, -0.15) is 0 Å². The number of aromatic nitrogens is 1. The Kier molecular flexibility index (Phi) is 3.29. The number of nitrogens with zero attached hydrogens (tertiary/aromatic N) is 1. The van der Waals surface area contributed by atoms with Gasteiger partial charge in [0.1, 0.15) is 0 Å². The minimum Gasteiger partial charge on any atom is -0.469 e. The Morgan fingerprint density at radius 3 is 2.88 bits per heavy atom. The maximum Gasteiger partial charge on any atom is 0.309 e. The molecule has 0 aliphatic rings. The van der Waals surface area contributed by atoms with Gasteiger partial charge in [0.15, 0.2) is 0 Å². The fourth-order valence-electron chi connectivity index (χ4n) is 1.70. The summed E-state index contributed by atoms with van der Waals surface area (Å²) in [6, 6.07) is 7.42. The molecule has 3 nitrogen and oxygen atoms in total. The van der Waals surface area contributed by atoms with Crippen molar-refractivity contribution in [1.82, 2.24) is 4.98 Å². The van der Waals surface area contributed by atoms with Gasteiger partial charge < -0.3 is 4.74 Å². The number of carbonyl (C=O) groups is 1. The van der Waals surface area contributed by atoms with Crippen molar-refractivity contribution in [1.29, 1.82) is 0 Å². The molecule has 0 radical (unpaired) electrons. The number of carbonyl (C=O) groups excluding carboxylic acids is 1. The summed E-state index contributed by atoms with van der Waals surface area (Å²) in [5.74, 6) is -0.263. The van der Waals surface area contributed by atoms with Gasteiger partial charge in [-0.25, -0.2) is 0 Å². The van der Waals surface area contributed by atoms with Crippen molar-refractivity contribution >= 4 is 28.5 Å². The third kappa shape index (κ3) is 2.56. The Labute approximate surface area is 104 Å². The van der Waals surface area contributed by atoms with Crippen molar-refractivity contribution in [2.75, 3.05) is 7.11 Å². The van der Waals surface area contributed by atoms with Crippen molar-refractivity contribution in [3.05, 3.63) is 40.5 Å². The molecule has 0 aliphatic heterocycles. The summed E-state index contributed by atoms with van der Waals surface area (Å²) in [7, 11) is 1.38. The van der Waals surface area contributed by atoms with Crippen LogP contribution in [-0.2, 0) is 16.0 Å². The first-order chi connectivity index (χ1) is 8.10. The highest BCUT2D eigenvalue weighted by Crippen LogP contribution is 2.24. The van der Waals surface area contributed by atoms with E-state index in [9.17, 15) is 4.79 Å². The van der Waals surface area contributed by atoms with Crippen molar-refractivity contribution in [3.8, 4) is 0 Å². The number of hydrogen-bond acceptors (Lipinski definition) is 3. The van der Waals surface area contributed by atoms with Crippen LogP contribution in [0.3, 0.4) is 0 Å². The standard InChI is InChI=1S/C13H12ClNO2/c1-8-5-11(14)10-6-9(7-13(16)17-2)3-4-12(10)15-8/h3-6H,7H2,1-2H3. The molecule has 0 amide bonds. The second kappa shape index (κ2) is 4.72. The lowest BCUT2D eigenvalue weighted by molar-refractivity contribution is -0.139. The zero-order valence-electron chi connectivity index (χ0n) is 9.66. The van der Waals surface area contributed by atoms with Crippen molar-refractivity contribution in [2.24, 2.45) is 0 Å². The Balaban J connectivity index is 2.47. The fraction of sp³-hybridized carbons (Fsp3) is 0.231. The number of methoxy groups -OCH3 is 1. The maximum atomic E-state index is 11.2. The molecule has 0 fully saturated rings. The van der Waals surface area contributed by atoms with Gasteiger partial charge in [-0.05, 0) is 30.7 Å². The van der Waals surface area contributed by atoms with E-state index in [0.29, 0.717) is 5.02 Å². The van der Waals surface area contributed by atoms with Crippen LogP contribution in [0.4, 0.5) is 0 Å². The summed E-state index contributed by atoms with van der Waals surface area (Å²) in [6.45, 7) is 1.90. The number of pyridine rings is 1. The van der Waals surface area contributed by atoms with E-state index in [1.54, 1.807) is 0 Å². The lowest BCUT2D eigenvalue weighted by atomic mass is 10.1. The molecule has 4 heteroatoms. The van der Waals surface area contributed by atoms with Crippen LogP contribution >= 0.6 is 11.6 Å². The minimum atomic E-state index is -0.263. The molecule has 88 valence electrons. The van der Waals surface area contributed by atoms with E-state index in [4.69, 9.17) is 11.6 Å². The van der Waals surface area contributed by atoms with E-state index in [1.807, 2.05) is 31.2 Å². The average Bonchev–Trinajstić information content (AvgIpc) is 2.29. The molecule has 17 heavy (non-hydrogen) atoms. The smallest absolute Gasteiger partial charge is 0.309 e. The van der Waals surface area contributed by atoms with Crippen LogP contribution in [0.1, 0.15) is 11.3 Å². The fourth-order valence-corrected chi connectivity index (χ4v) is 2.01. The van der Waals surface area contributed by atoms with Gasteiger partial charge >= 0.3 is 5.97 Å². The topological polar surface area (TPSA) is 39.2 Å². The molecule has 0 saturated carbocycles. The van der Waals surface area contributed by atoms with E-state index in [2.05, 4.69) is 9.72 Å². The van der Waals surface area contributed by atoms with Crippen LogP contribution in [0, 0.1) is 6.92 Å². The van der Waals surface area contributed by atoms with E-state index >= 15 is 0 Å². The molecule has 0 saturated heterocycles. The van der Waals surface area contributed by atoms with Crippen LogP contribution in [0.5, 0.6) is 0 Å². The molecule has 1 aromatic heterocycles. The molecule has 0 spiro atoms. The average molecular weight is 250 g/mol. The first kappa shape index (κ1) is 11.9. The third-order valence-corrected chi connectivity index (χ3v) is 2.84. The number of ether oxygens (including phenoxy) is 1. The van der Waals surface area contributed by atoms with Gasteiger partial charge in [-0.1, -0.05) is 17.7 Å². The number of aryl methyl sites for hydroxylation is 1. The van der Waals surface area contributed by atoms with Crippen LogP contribution in [-0.4, -0.2) is 18.1 Å². The SMILES string of the molecule is COC(=O)Cc1ccc2nc(C)cc(Cl)c2c1.